The summed E-state index contributed by atoms with van der Waals surface area (Å²) in [6, 6.07) is 12.1. The van der Waals surface area contributed by atoms with Crippen molar-refractivity contribution in [2.45, 2.75) is 19.3 Å². The third-order valence-electron chi connectivity index (χ3n) is 3.61. The van der Waals surface area contributed by atoms with E-state index in [1.807, 2.05) is 0 Å². The van der Waals surface area contributed by atoms with Gasteiger partial charge in [0.15, 0.2) is 5.78 Å². The molecule has 0 atom stereocenters. The van der Waals surface area contributed by atoms with E-state index in [1.54, 1.807) is 30.3 Å². The highest BCUT2D eigenvalue weighted by Crippen LogP contribution is 2.16. The van der Waals surface area contributed by atoms with Crippen LogP contribution in [0.3, 0.4) is 0 Å². The first-order valence-electron chi connectivity index (χ1n) is 7.86. The molecule has 0 fully saturated rings. The molecule has 7 nitrogen and oxygen atoms in total. The van der Waals surface area contributed by atoms with Crippen molar-refractivity contribution in [3.8, 4) is 0 Å². The molecule has 0 bridgehead atoms. The maximum absolute atomic E-state index is 12.0. The Labute approximate surface area is 149 Å². The van der Waals surface area contributed by atoms with Crippen molar-refractivity contribution < 1.29 is 29.4 Å². The van der Waals surface area contributed by atoms with Crippen LogP contribution in [-0.2, 0) is 4.79 Å². The van der Waals surface area contributed by atoms with Gasteiger partial charge < -0.3 is 15.5 Å². The number of aromatic carboxylic acids is 2. The predicted octanol–water partition coefficient (Wildman–Crippen LogP) is 3.07. The van der Waals surface area contributed by atoms with Crippen LogP contribution in [-0.4, -0.2) is 33.8 Å². The Balaban J connectivity index is 1.94. The SMILES string of the molecule is O=C(CCCC(=O)c1ccccc1)Nc1cc(C(=O)O)cc(C(=O)O)c1. The minimum atomic E-state index is -1.29. The number of anilines is 1. The van der Waals surface area contributed by atoms with Crippen LogP contribution in [0.4, 0.5) is 5.69 Å². The van der Waals surface area contributed by atoms with Gasteiger partial charge >= 0.3 is 11.9 Å². The fraction of sp³-hybridized carbons (Fsp3) is 0.158. The fourth-order valence-electron chi connectivity index (χ4n) is 2.35. The van der Waals surface area contributed by atoms with Gasteiger partial charge in [0.25, 0.3) is 0 Å². The van der Waals surface area contributed by atoms with Crippen LogP contribution in [0.25, 0.3) is 0 Å². The standard InChI is InChI=1S/C19H17NO6/c21-16(12-5-2-1-3-6-12)7-4-8-17(22)20-15-10-13(18(23)24)9-14(11-15)19(25)26/h1-3,5-6,9-11H,4,7-8H2,(H,20,22)(H,23,24)(H,25,26). The number of benzene rings is 2. The number of ketones is 1. The number of hydrogen-bond acceptors (Lipinski definition) is 4. The molecule has 2 aromatic rings. The average Bonchev–Trinajstić information content (AvgIpc) is 2.61. The molecule has 0 aromatic heterocycles. The Kier molecular flexibility index (Phi) is 6.21. The molecule has 0 heterocycles. The summed E-state index contributed by atoms with van der Waals surface area (Å²) in [6.45, 7) is 0. The molecule has 0 aliphatic rings. The average molecular weight is 355 g/mol. The highest BCUT2D eigenvalue weighted by Gasteiger charge is 2.13. The second-order valence-electron chi connectivity index (χ2n) is 5.60. The van der Waals surface area contributed by atoms with Gasteiger partial charge in [-0.15, -0.1) is 0 Å². The number of nitrogens with one attached hydrogen (secondary N) is 1. The summed E-state index contributed by atoms with van der Waals surface area (Å²) >= 11 is 0. The maximum atomic E-state index is 12.0. The molecule has 2 rings (SSSR count). The fourth-order valence-corrected chi connectivity index (χ4v) is 2.35. The van der Waals surface area contributed by atoms with Crippen LogP contribution in [0.1, 0.15) is 50.3 Å². The van der Waals surface area contributed by atoms with Gasteiger partial charge in [-0.3, -0.25) is 9.59 Å². The summed E-state index contributed by atoms with van der Waals surface area (Å²) in [5.74, 6) is -3.08. The number of carbonyl (C=O) groups excluding carboxylic acids is 2. The molecule has 0 aliphatic carbocycles. The number of hydrogen-bond donors (Lipinski definition) is 3. The minimum Gasteiger partial charge on any atom is -0.478 e. The van der Waals surface area contributed by atoms with E-state index in [0.29, 0.717) is 12.0 Å². The molecule has 0 saturated carbocycles. The molecule has 2 aromatic carbocycles. The second-order valence-corrected chi connectivity index (χ2v) is 5.60. The van der Waals surface area contributed by atoms with Crippen molar-refractivity contribution in [2.24, 2.45) is 0 Å². The minimum absolute atomic E-state index is 0.0538. The predicted molar refractivity (Wildman–Crippen MR) is 93.6 cm³/mol. The van der Waals surface area contributed by atoms with Gasteiger partial charge in [-0.05, 0) is 24.6 Å². The van der Waals surface area contributed by atoms with Crippen LogP contribution < -0.4 is 5.32 Å². The first-order valence-corrected chi connectivity index (χ1v) is 7.86. The monoisotopic (exact) mass is 355 g/mol. The van der Waals surface area contributed by atoms with Crippen LogP contribution in [0.2, 0.25) is 0 Å². The molecular formula is C19H17NO6. The van der Waals surface area contributed by atoms with Gasteiger partial charge in [-0.2, -0.15) is 0 Å². The van der Waals surface area contributed by atoms with E-state index >= 15 is 0 Å². The topological polar surface area (TPSA) is 121 Å². The van der Waals surface area contributed by atoms with E-state index in [2.05, 4.69) is 5.32 Å². The smallest absolute Gasteiger partial charge is 0.335 e. The normalized spacial score (nSPS) is 10.2. The number of carbonyl (C=O) groups is 4. The largest absolute Gasteiger partial charge is 0.478 e. The molecular weight excluding hydrogens is 338 g/mol. The van der Waals surface area contributed by atoms with Crippen LogP contribution in [0.5, 0.6) is 0 Å². The molecule has 7 heteroatoms. The number of Topliss-reactive ketones (excluding diaryl/α,β-unsaturated/α-hetero) is 1. The number of carboxylic acid groups (broad SMARTS) is 2. The molecule has 0 radical (unpaired) electrons. The number of rotatable bonds is 8. The first-order chi connectivity index (χ1) is 12.4. The van der Waals surface area contributed by atoms with Crippen molar-refractivity contribution in [2.75, 3.05) is 5.32 Å². The molecule has 0 aliphatic heterocycles. The zero-order valence-corrected chi connectivity index (χ0v) is 13.8. The van der Waals surface area contributed by atoms with Gasteiger partial charge in [0.2, 0.25) is 5.91 Å². The number of amides is 1. The van der Waals surface area contributed by atoms with E-state index in [4.69, 9.17) is 10.2 Å². The Morgan fingerprint density at radius 2 is 1.35 bits per heavy atom. The highest BCUT2D eigenvalue weighted by atomic mass is 16.4. The van der Waals surface area contributed by atoms with Crippen molar-refractivity contribution in [3.05, 3.63) is 65.2 Å². The van der Waals surface area contributed by atoms with Crippen molar-refractivity contribution >= 4 is 29.3 Å². The van der Waals surface area contributed by atoms with E-state index < -0.39 is 17.8 Å². The van der Waals surface area contributed by atoms with Crippen molar-refractivity contribution in [1.82, 2.24) is 0 Å². The van der Waals surface area contributed by atoms with Gasteiger partial charge in [-0.25, -0.2) is 9.59 Å². The number of carboxylic acids is 2. The zero-order chi connectivity index (χ0) is 19.1. The van der Waals surface area contributed by atoms with Crippen molar-refractivity contribution in [3.63, 3.8) is 0 Å². The molecule has 26 heavy (non-hydrogen) atoms. The first kappa shape index (κ1) is 18.9. The van der Waals surface area contributed by atoms with E-state index in [-0.39, 0.29) is 35.4 Å². The van der Waals surface area contributed by atoms with Gasteiger partial charge in [0.05, 0.1) is 11.1 Å². The highest BCUT2D eigenvalue weighted by molar-refractivity contribution is 5.99. The third-order valence-corrected chi connectivity index (χ3v) is 3.61. The summed E-state index contributed by atoms with van der Waals surface area (Å²) in [7, 11) is 0. The summed E-state index contributed by atoms with van der Waals surface area (Å²) in [5.41, 5.74) is 0.189. The maximum Gasteiger partial charge on any atom is 0.335 e. The lowest BCUT2D eigenvalue weighted by Gasteiger charge is -2.08. The van der Waals surface area contributed by atoms with Gasteiger partial charge in [0.1, 0.15) is 0 Å². The summed E-state index contributed by atoms with van der Waals surface area (Å²) in [6.07, 6.45) is 0.579. The van der Waals surface area contributed by atoms with Crippen LogP contribution >= 0.6 is 0 Å². The summed E-state index contributed by atoms with van der Waals surface area (Å²) in [4.78, 5) is 46.0. The third kappa shape index (κ3) is 5.27. The van der Waals surface area contributed by atoms with Crippen molar-refractivity contribution in [1.29, 1.82) is 0 Å². The Bertz CT molecular complexity index is 812. The lowest BCUT2D eigenvalue weighted by atomic mass is 10.1. The van der Waals surface area contributed by atoms with E-state index in [0.717, 1.165) is 6.07 Å². The van der Waals surface area contributed by atoms with Gasteiger partial charge in [-0.1, -0.05) is 30.3 Å². The Morgan fingerprint density at radius 1 is 0.769 bits per heavy atom. The molecule has 0 spiro atoms. The zero-order valence-electron chi connectivity index (χ0n) is 13.8. The van der Waals surface area contributed by atoms with E-state index in [1.165, 1.54) is 12.1 Å². The molecule has 3 N–H and O–H groups in total. The van der Waals surface area contributed by atoms with Gasteiger partial charge in [0, 0.05) is 24.1 Å². The second kappa shape index (κ2) is 8.57. The summed E-state index contributed by atoms with van der Waals surface area (Å²) in [5, 5.41) is 20.5. The molecule has 0 unspecified atom stereocenters. The molecule has 1 amide bonds. The Morgan fingerprint density at radius 3 is 1.88 bits per heavy atom. The van der Waals surface area contributed by atoms with E-state index in [9.17, 15) is 19.2 Å². The quantitative estimate of drug-likeness (QED) is 0.626. The van der Waals surface area contributed by atoms with Crippen LogP contribution in [0, 0.1) is 0 Å². The summed E-state index contributed by atoms with van der Waals surface area (Å²) < 4.78 is 0. The van der Waals surface area contributed by atoms with Crippen LogP contribution in [0.15, 0.2) is 48.5 Å². The lowest BCUT2D eigenvalue weighted by molar-refractivity contribution is -0.116. The Hall–Kier alpha value is -3.48. The lowest BCUT2D eigenvalue weighted by Crippen LogP contribution is -2.13. The molecule has 0 saturated heterocycles. The molecule has 134 valence electrons.